The van der Waals surface area contributed by atoms with Gasteiger partial charge in [0.2, 0.25) is 0 Å². The number of carboxylic acids is 1. The first-order chi connectivity index (χ1) is 13.4. The van der Waals surface area contributed by atoms with Gasteiger partial charge in [-0.15, -0.1) is 11.3 Å². The van der Waals surface area contributed by atoms with Crippen molar-refractivity contribution >= 4 is 57.8 Å². The zero-order valence-corrected chi connectivity index (χ0v) is 16.4. The summed E-state index contributed by atoms with van der Waals surface area (Å²) in [5, 5.41) is 12.0. The minimum absolute atomic E-state index is 0.0318. The maximum atomic E-state index is 12.7. The highest BCUT2D eigenvalue weighted by Crippen LogP contribution is 2.38. The first kappa shape index (κ1) is 18.8. The summed E-state index contributed by atoms with van der Waals surface area (Å²) in [5.74, 6) is -0.605. The Morgan fingerprint density at radius 3 is 2.89 bits per heavy atom. The molecule has 1 saturated heterocycles. The number of anilines is 1. The molecule has 0 radical (unpaired) electrons. The predicted molar refractivity (Wildman–Crippen MR) is 109 cm³/mol. The van der Waals surface area contributed by atoms with Crippen LogP contribution in [0.15, 0.2) is 51.2 Å². The number of aromatic nitrogens is 1. The van der Waals surface area contributed by atoms with Gasteiger partial charge in [-0.1, -0.05) is 23.4 Å². The summed E-state index contributed by atoms with van der Waals surface area (Å²) in [6.07, 6.45) is 3.19. The lowest BCUT2D eigenvalue weighted by Crippen LogP contribution is -2.37. The molecule has 0 spiro atoms. The summed E-state index contributed by atoms with van der Waals surface area (Å²) >= 11 is 8.41. The van der Waals surface area contributed by atoms with Crippen LogP contribution in [0.4, 0.5) is 5.13 Å². The number of carbonyl (C=O) groups excluding carboxylic acids is 1. The Kier molecular flexibility index (Phi) is 4.98. The molecule has 3 heterocycles. The van der Waals surface area contributed by atoms with Gasteiger partial charge in [-0.25, -0.2) is 9.78 Å². The van der Waals surface area contributed by atoms with Gasteiger partial charge in [0.05, 0.1) is 10.5 Å². The van der Waals surface area contributed by atoms with Crippen LogP contribution in [0.25, 0.3) is 17.4 Å². The summed E-state index contributed by atoms with van der Waals surface area (Å²) in [4.78, 5) is 30.1. The van der Waals surface area contributed by atoms with Crippen molar-refractivity contribution in [2.45, 2.75) is 5.50 Å². The third kappa shape index (κ3) is 3.45. The van der Waals surface area contributed by atoms with Crippen LogP contribution in [0.3, 0.4) is 0 Å². The molecule has 0 saturated carbocycles. The Balaban J connectivity index is 1.64. The molecule has 1 fully saturated rings. The molecule has 10 heteroatoms. The van der Waals surface area contributed by atoms with E-state index in [0.717, 1.165) is 0 Å². The van der Waals surface area contributed by atoms with E-state index < -0.39 is 11.5 Å². The molecule has 28 heavy (non-hydrogen) atoms. The highest BCUT2D eigenvalue weighted by molar-refractivity contribution is 8.05. The Bertz CT molecular complexity index is 1090. The van der Waals surface area contributed by atoms with E-state index in [0.29, 0.717) is 32.1 Å². The molecular weight excluding hydrogens is 422 g/mol. The Morgan fingerprint density at radius 1 is 1.36 bits per heavy atom. The number of nitrogens with zero attached hydrogens (tertiary/aromatic N) is 2. The maximum absolute atomic E-state index is 12.7. The van der Waals surface area contributed by atoms with Crippen LogP contribution >= 0.6 is 34.7 Å². The number of halogens is 1. The third-order valence-electron chi connectivity index (χ3n) is 3.93. The number of nitrogens with two attached hydrogens (primary N) is 1. The first-order valence-electron chi connectivity index (χ1n) is 7.94. The Labute approximate surface area is 172 Å². The standard InChI is InChI=1S/C18H12ClN3O4S2/c19-9-1-3-11(12(7-9)16(24)25)13-4-2-10(26-13)8-14-15(23)22(17(20)28-14)18-21-5-6-27-18/h1-8,17H,20H2,(H,24,25)/b14-8-. The van der Waals surface area contributed by atoms with E-state index >= 15 is 0 Å². The number of hydrogen-bond acceptors (Lipinski definition) is 7. The van der Waals surface area contributed by atoms with Crippen LogP contribution in [0.1, 0.15) is 16.1 Å². The van der Waals surface area contributed by atoms with Crippen molar-refractivity contribution in [3.05, 3.63) is 63.2 Å². The van der Waals surface area contributed by atoms with Gasteiger partial charge < -0.3 is 15.3 Å². The molecule has 1 aliphatic rings. The molecule has 1 unspecified atom stereocenters. The molecule has 1 aliphatic heterocycles. The van der Waals surface area contributed by atoms with Gasteiger partial charge in [0.15, 0.2) is 5.13 Å². The van der Waals surface area contributed by atoms with Crippen molar-refractivity contribution in [2.75, 3.05) is 4.90 Å². The summed E-state index contributed by atoms with van der Waals surface area (Å²) in [7, 11) is 0. The number of furan rings is 1. The van der Waals surface area contributed by atoms with Crippen molar-refractivity contribution in [2.24, 2.45) is 5.73 Å². The minimum Gasteiger partial charge on any atom is -0.478 e. The van der Waals surface area contributed by atoms with Crippen LogP contribution in [0.2, 0.25) is 5.02 Å². The molecule has 7 nitrogen and oxygen atoms in total. The van der Waals surface area contributed by atoms with Gasteiger partial charge in [0.25, 0.3) is 5.91 Å². The highest BCUT2D eigenvalue weighted by Gasteiger charge is 2.36. The van der Waals surface area contributed by atoms with Crippen molar-refractivity contribution in [3.8, 4) is 11.3 Å². The maximum Gasteiger partial charge on any atom is 0.336 e. The molecular formula is C18H12ClN3O4S2. The van der Waals surface area contributed by atoms with Crippen LogP contribution < -0.4 is 10.6 Å². The van der Waals surface area contributed by atoms with E-state index in [-0.39, 0.29) is 11.5 Å². The summed E-state index contributed by atoms with van der Waals surface area (Å²) in [5.41, 5.74) is 5.91. The monoisotopic (exact) mass is 433 g/mol. The second kappa shape index (κ2) is 7.44. The van der Waals surface area contributed by atoms with E-state index in [1.807, 2.05) is 0 Å². The van der Waals surface area contributed by atoms with Crippen LogP contribution in [-0.4, -0.2) is 27.5 Å². The fourth-order valence-corrected chi connectivity index (χ4v) is 4.57. The lowest BCUT2D eigenvalue weighted by molar-refractivity contribution is -0.114. The topological polar surface area (TPSA) is 110 Å². The minimum atomic E-state index is -1.11. The van der Waals surface area contributed by atoms with Crippen molar-refractivity contribution in [1.29, 1.82) is 0 Å². The number of carbonyl (C=O) groups is 2. The average molecular weight is 434 g/mol. The number of aromatic carboxylic acids is 1. The second-order valence-corrected chi connectivity index (χ2v) is 8.17. The van der Waals surface area contributed by atoms with Crippen LogP contribution in [-0.2, 0) is 4.79 Å². The number of thiazole rings is 1. The van der Waals surface area contributed by atoms with Gasteiger partial charge in [0, 0.05) is 28.2 Å². The number of carboxylic acid groups (broad SMARTS) is 1. The summed E-state index contributed by atoms with van der Waals surface area (Å²) in [6, 6.07) is 7.84. The molecule has 1 aromatic carbocycles. The zero-order valence-electron chi connectivity index (χ0n) is 14.0. The van der Waals surface area contributed by atoms with Gasteiger partial charge >= 0.3 is 5.97 Å². The average Bonchev–Trinajstić information content (AvgIpc) is 3.37. The van der Waals surface area contributed by atoms with Crippen molar-refractivity contribution in [1.82, 2.24) is 4.98 Å². The van der Waals surface area contributed by atoms with E-state index in [1.165, 1.54) is 34.1 Å². The number of amides is 1. The fourth-order valence-electron chi connectivity index (χ4n) is 2.71. The summed E-state index contributed by atoms with van der Waals surface area (Å²) in [6.45, 7) is 0. The van der Waals surface area contributed by atoms with E-state index in [1.54, 1.807) is 41.9 Å². The lowest BCUT2D eigenvalue weighted by atomic mass is 10.1. The van der Waals surface area contributed by atoms with Crippen LogP contribution in [0, 0.1) is 0 Å². The Hall–Kier alpha value is -2.59. The van der Waals surface area contributed by atoms with Gasteiger partial charge in [-0.2, -0.15) is 0 Å². The first-order valence-corrected chi connectivity index (χ1v) is 10.1. The highest BCUT2D eigenvalue weighted by atomic mass is 35.5. The van der Waals surface area contributed by atoms with Gasteiger partial charge in [0.1, 0.15) is 17.0 Å². The fraction of sp³-hybridized carbons (Fsp3) is 0.0556. The smallest absolute Gasteiger partial charge is 0.336 e. The second-order valence-electron chi connectivity index (χ2n) is 5.70. The number of rotatable bonds is 4. The SMILES string of the molecule is NC1S/C(=C\c2ccc(-c3ccc(Cl)cc3C(=O)O)o2)C(=O)N1c1nccs1. The molecule has 4 rings (SSSR count). The molecule has 3 N–H and O–H groups in total. The molecule has 1 atom stereocenters. The number of hydrogen-bond donors (Lipinski definition) is 2. The molecule has 142 valence electrons. The van der Waals surface area contributed by atoms with E-state index in [9.17, 15) is 14.7 Å². The molecule has 0 bridgehead atoms. The molecule has 3 aromatic rings. The van der Waals surface area contributed by atoms with Gasteiger partial charge in [-0.3, -0.25) is 9.69 Å². The van der Waals surface area contributed by atoms with E-state index in [2.05, 4.69) is 4.98 Å². The lowest BCUT2D eigenvalue weighted by Gasteiger charge is -2.15. The molecule has 0 aliphatic carbocycles. The molecule has 2 aromatic heterocycles. The molecule has 1 amide bonds. The quantitative estimate of drug-likeness (QED) is 0.595. The van der Waals surface area contributed by atoms with E-state index in [4.69, 9.17) is 21.8 Å². The third-order valence-corrected chi connectivity index (χ3v) is 5.94. The zero-order chi connectivity index (χ0) is 19.8. The van der Waals surface area contributed by atoms with Crippen molar-refractivity contribution in [3.63, 3.8) is 0 Å². The normalized spacial score (nSPS) is 18.2. The largest absolute Gasteiger partial charge is 0.478 e. The number of thioether (sulfide) groups is 1. The number of benzene rings is 1. The predicted octanol–water partition coefficient (Wildman–Crippen LogP) is 4.12. The van der Waals surface area contributed by atoms with Crippen molar-refractivity contribution < 1.29 is 19.1 Å². The Morgan fingerprint density at radius 2 is 2.18 bits per heavy atom. The van der Waals surface area contributed by atoms with Crippen LogP contribution in [0.5, 0.6) is 0 Å². The van der Waals surface area contributed by atoms with Gasteiger partial charge in [-0.05, 0) is 30.3 Å². The summed E-state index contributed by atoms with van der Waals surface area (Å²) < 4.78 is 5.75.